The van der Waals surface area contributed by atoms with E-state index in [1.54, 1.807) is 31.7 Å². The third-order valence-electron chi connectivity index (χ3n) is 7.71. The number of anilines is 1. The smallest absolute Gasteiger partial charge is 0.256 e. The van der Waals surface area contributed by atoms with Crippen LogP contribution in [0.2, 0.25) is 0 Å². The van der Waals surface area contributed by atoms with Gasteiger partial charge in [0.2, 0.25) is 11.7 Å². The monoisotopic (exact) mass is 553 g/mol. The summed E-state index contributed by atoms with van der Waals surface area (Å²) >= 11 is 0. The summed E-state index contributed by atoms with van der Waals surface area (Å²) in [4.78, 5) is 41.9. The van der Waals surface area contributed by atoms with E-state index >= 15 is 0 Å². The molecule has 2 amide bonds. The number of pyridine rings is 1. The van der Waals surface area contributed by atoms with Crippen LogP contribution < -0.4 is 5.32 Å². The number of carbonyl (C=O) groups excluding carboxylic acids is 2. The van der Waals surface area contributed by atoms with Crippen molar-refractivity contribution >= 4 is 29.7 Å². The zero-order chi connectivity index (χ0) is 28.8. The second-order valence-electron chi connectivity index (χ2n) is 10.6. The Balaban J connectivity index is 1.40. The minimum atomic E-state index is -0.214. The fraction of sp³-hybridized carbons (Fsp3) is 0.344. The number of piperidine rings is 1. The van der Waals surface area contributed by atoms with Crippen LogP contribution in [0.25, 0.3) is 0 Å². The summed E-state index contributed by atoms with van der Waals surface area (Å²) in [5.41, 5.74) is 4.39. The van der Waals surface area contributed by atoms with E-state index in [4.69, 9.17) is 9.73 Å². The van der Waals surface area contributed by atoms with Gasteiger partial charge in [-0.05, 0) is 67.6 Å². The second-order valence-corrected chi connectivity index (χ2v) is 10.6. The van der Waals surface area contributed by atoms with Crippen LogP contribution in [0.15, 0.2) is 88.5 Å². The Hall–Kier alpha value is -4.21. The number of benzene rings is 1. The Morgan fingerprint density at radius 3 is 2.80 bits per heavy atom. The number of methoxy groups -OCH3 is 1. The van der Waals surface area contributed by atoms with Crippen molar-refractivity contribution in [1.82, 2.24) is 9.88 Å². The molecule has 0 aliphatic carbocycles. The molecule has 5 rings (SSSR count). The number of aryl methyl sites for hydroxylation is 1. The third kappa shape index (κ3) is 5.96. The molecule has 1 saturated heterocycles. The first-order valence-electron chi connectivity index (χ1n) is 14.2. The molecule has 4 heterocycles. The summed E-state index contributed by atoms with van der Waals surface area (Å²) in [5.74, 6) is 1.12. The predicted molar refractivity (Wildman–Crippen MR) is 160 cm³/mol. The number of ether oxygens (including phenoxy) is 1. The van der Waals surface area contributed by atoms with Gasteiger partial charge in [0.15, 0.2) is 5.70 Å². The van der Waals surface area contributed by atoms with Crippen molar-refractivity contribution < 1.29 is 18.8 Å². The summed E-state index contributed by atoms with van der Waals surface area (Å²) in [6.07, 6.45) is 15.5. The van der Waals surface area contributed by atoms with Crippen LogP contribution in [-0.2, 0) is 16.0 Å². The van der Waals surface area contributed by atoms with E-state index in [9.17, 15) is 9.59 Å². The van der Waals surface area contributed by atoms with Gasteiger partial charge in [-0.1, -0.05) is 19.4 Å². The van der Waals surface area contributed by atoms with E-state index in [1.807, 2.05) is 53.7 Å². The summed E-state index contributed by atoms with van der Waals surface area (Å²) in [5, 5.41) is 2.91. The molecule has 3 aliphatic heterocycles. The molecule has 2 atom stereocenters. The lowest BCUT2D eigenvalue weighted by Crippen LogP contribution is -2.46. The Labute approximate surface area is 241 Å². The zero-order valence-electron chi connectivity index (χ0n) is 23.9. The zero-order valence-corrected chi connectivity index (χ0v) is 23.9. The maximum Gasteiger partial charge on any atom is 0.256 e. The average Bonchev–Trinajstić information content (AvgIpc) is 3.30. The molecule has 9 heteroatoms. The van der Waals surface area contributed by atoms with Crippen molar-refractivity contribution in [2.24, 2.45) is 9.98 Å². The molecule has 41 heavy (non-hydrogen) atoms. The molecule has 0 saturated carbocycles. The van der Waals surface area contributed by atoms with Crippen LogP contribution in [0, 0.1) is 0 Å². The fourth-order valence-electron chi connectivity index (χ4n) is 5.59. The summed E-state index contributed by atoms with van der Waals surface area (Å²) in [7, 11) is 3.68. The average molecular weight is 554 g/mol. The summed E-state index contributed by atoms with van der Waals surface area (Å²) < 4.78 is 5.42. The van der Waals surface area contributed by atoms with Crippen molar-refractivity contribution in [3.05, 3.63) is 95.2 Å². The molecule has 0 bridgehead atoms. The summed E-state index contributed by atoms with van der Waals surface area (Å²) in [6, 6.07) is 11.2. The van der Waals surface area contributed by atoms with Gasteiger partial charge in [0, 0.05) is 31.5 Å². The molecule has 1 N–H and O–H groups in total. The van der Waals surface area contributed by atoms with Gasteiger partial charge in [0.1, 0.15) is 17.7 Å². The van der Waals surface area contributed by atoms with Crippen LogP contribution in [0.4, 0.5) is 5.82 Å². The maximum absolute atomic E-state index is 13.1. The molecule has 0 spiro atoms. The molecular weight excluding hydrogens is 516 g/mol. The Kier molecular flexibility index (Phi) is 8.66. The number of hydrogen-bond acceptors (Lipinski definition) is 6. The number of quaternary nitrogens is 1. The van der Waals surface area contributed by atoms with Crippen LogP contribution in [0.1, 0.15) is 54.1 Å². The van der Waals surface area contributed by atoms with Gasteiger partial charge in [0.25, 0.3) is 5.91 Å². The highest BCUT2D eigenvalue weighted by atomic mass is 16.5. The number of aromatic nitrogens is 1. The highest BCUT2D eigenvalue weighted by molar-refractivity contribution is 6.05. The number of hydrogen-bond donors (Lipinski definition) is 1. The first-order chi connectivity index (χ1) is 19.9. The maximum atomic E-state index is 13.1. The SMILES string of the molecule is CCCc1ccnc(NC(=O)c2ccc(C3=NC(C4CCCCN4C(=O)/C=C/COC)=C4C=NC=C[N+]34C)cc2)c1. The second kappa shape index (κ2) is 12.5. The number of likely N-dealkylation sites (tertiary alicyclic amines) is 1. The molecule has 0 radical (unpaired) electrons. The van der Waals surface area contributed by atoms with E-state index < -0.39 is 0 Å². The van der Waals surface area contributed by atoms with Crippen molar-refractivity contribution in [1.29, 1.82) is 0 Å². The van der Waals surface area contributed by atoms with E-state index in [0.717, 1.165) is 60.5 Å². The third-order valence-corrected chi connectivity index (χ3v) is 7.71. The number of carbonyl (C=O) groups is 2. The van der Waals surface area contributed by atoms with Gasteiger partial charge in [0.05, 0.1) is 37.7 Å². The van der Waals surface area contributed by atoms with E-state index in [2.05, 4.69) is 29.3 Å². The highest BCUT2D eigenvalue weighted by Crippen LogP contribution is 2.38. The summed E-state index contributed by atoms with van der Waals surface area (Å²) in [6.45, 7) is 3.19. The van der Waals surface area contributed by atoms with E-state index in [1.165, 1.54) is 0 Å². The lowest BCUT2D eigenvalue weighted by atomic mass is 9.97. The molecule has 212 valence electrons. The van der Waals surface area contributed by atoms with Crippen LogP contribution in [0.5, 0.6) is 0 Å². The van der Waals surface area contributed by atoms with Crippen LogP contribution in [-0.4, -0.2) is 71.6 Å². The van der Waals surface area contributed by atoms with Gasteiger partial charge >= 0.3 is 0 Å². The molecule has 3 aliphatic rings. The lowest BCUT2D eigenvalue weighted by Gasteiger charge is -2.35. The number of nitrogens with one attached hydrogen (secondary N) is 1. The topological polar surface area (TPSA) is 96.2 Å². The Morgan fingerprint density at radius 1 is 1.20 bits per heavy atom. The normalized spacial score (nSPS) is 21.8. The Bertz CT molecular complexity index is 1460. The number of allylic oxidation sites excluding steroid dienone is 1. The van der Waals surface area contributed by atoms with Gasteiger partial charge < -0.3 is 15.0 Å². The number of fused-ring (bicyclic) bond motifs is 1. The minimum Gasteiger partial charge on any atom is -0.381 e. The van der Waals surface area contributed by atoms with Gasteiger partial charge in [-0.3, -0.25) is 14.6 Å². The number of amidine groups is 1. The first kappa shape index (κ1) is 28.3. The van der Waals surface area contributed by atoms with Crippen molar-refractivity contribution in [3.63, 3.8) is 0 Å². The predicted octanol–water partition coefficient (Wildman–Crippen LogP) is 4.84. The van der Waals surface area contributed by atoms with Gasteiger partial charge in [-0.2, -0.15) is 4.99 Å². The molecule has 2 aromatic rings. The Morgan fingerprint density at radius 2 is 2.02 bits per heavy atom. The lowest BCUT2D eigenvalue weighted by molar-refractivity contribution is -0.713. The number of nitrogens with zero attached hydrogens (tertiary/aromatic N) is 5. The van der Waals surface area contributed by atoms with Crippen molar-refractivity contribution in [2.45, 2.75) is 45.1 Å². The van der Waals surface area contributed by atoms with Crippen LogP contribution in [0.3, 0.4) is 0 Å². The van der Waals surface area contributed by atoms with E-state index in [0.29, 0.717) is 29.0 Å². The number of rotatable bonds is 9. The quantitative estimate of drug-likeness (QED) is 0.355. The highest BCUT2D eigenvalue weighted by Gasteiger charge is 2.46. The molecule has 1 aromatic carbocycles. The largest absolute Gasteiger partial charge is 0.381 e. The standard InChI is InChI=1S/C32H36N6O3/c1-4-8-23-15-16-34-28(21-23)35-32(40)25-13-11-24(12-14-25)31-36-30(27-22-33-17-19-38(27,31)2)26-9-5-6-18-37(26)29(39)10-7-20-41-3/h7,10-17,19,21-22,26H,4-6,8-9,18,20H2,1-3H3/p+1/b10-7+. The number of aliphatic imine (C=N–C) groups is 2. The fourth-order valence-corrected chi connectivity index (χ4v) is 5.59. The van der Waals surface area contributed by atoms with Crippen molar-refractivity contribution in [2.75, 3.05) is 32.6 Å². The molecular formula is C32H37N6O3+. The minimum absolute atomic E-state index is 0.0360. The molecule has 1 aromatic heterocycles. The number of amides is 2. The molecule has 1 fully saturated rings. The van der Waals surface area contributed by atoms with Gasteiger partial charge in [-0.25, -0.2) is 9.47 Å². The van der Waals surface area contributed by atoms with Crippen LogP contribution >= 0.6 is 0 Å². The first-order valence-corrected chi connectivity index (χ1v) is 14.2. The molecule has 9 nitrogen and oxygen atoms in total. The van der Waals surface area contributed by atoms with Gasteiger partial charge in [-0.15, -0.1) is 0 Å². The van der Waals surface area contributed by atoms with E-state index in [-0.39, 0.29) is 17.9 Å². The van der Waals surface area contributed by atoms with Crippen molar-refractivity contribution in [3.8, 4) is 0 Å². The molecule has 2 unspecified atom stereocenters.